The molecule has 0 unspecified atom stereocenters. The number of methoxy groups -OCH3 is 1. The number of hydrogen-bond acceptors (Lipinski definition) is 7. The summed E-state index contributed by atoms with van der Waals surface area (Å²) in [5.74, 6) is -0.245. The molecule has 260 valence electrons. The molecule has 2 saturated carbocycles. The number of ether oxygens (including phenoxy) is 1. The summed E-state index contributed by atoms with van der Waals surface area (Å²) >= 11 is 0. The van der Waals surface area contributed by atoms with Crippen LogP contribution in [0.25, 0.3) is 0 Å². The van der Waals surface area contributed by atoms with E-state index in [1.807, 2.05) is 42.2 Å². The molecule has 2 atom stereocenters. The predicted octanol–water partition coefficient (Wildman–Crippen LogP) is 4.13. The Kier molecular flexibility index (Phi) is 12.2. The van der Waals surface area contributed by atoms with Crippen LogP contribution in [0, 0.1) is 28.6 Å². The fourth-order valence-electron chi connectivity index (χ4n) is 7.00. The van der Waals surface area contributed by atoms with Gasteiger partial charge in [-0.05, 0) is 42.6 Å². The highest BCUT2D eigenvalue weighted by Gasteiger charge is 2.61. The van der Waals surface area contributed by atoms with E-state index in [1.165, 1.54) is 39.2 Å². The van der Waals surface area contributed by atoms with Crippen molar-refractivity contribution >= 4 is 23.7 Å². The first kappa shape index (κ1) is 36.1. The zero-order valence-electron chi connectivity index (χ0n) is 28.5. The lowest BCUT2D eigenvalue weighted by molar-refractivity contribution is -0.150. The Morgan fingerprint density at radius 3 is 2.17 bits per heavy atom. The number of primary amides is 1. The van der Waals surface area contributed by atoms with Crippen LogP contribution in [0.5, 0.6) is 0 Å². The van der Waals surface area contributed by atoms with E-state index >= 15 is 0 Å². The number of likely N-dealkylation sites (tertiary alicyclic amines) is 2. The number of benzene rings is 1. The highest BCUT2D eigenvalue weighted by Crippen LogP contribution is 2.54. The average Bonchev–Trinajstić information content (AvgIpc) is 3.37. The third kappa shape index (κ3) is 9.21. The Bertz CT molecular complexity index is 1370. The molecule has 2 aliphatic carbocycles. The lowest BCUT2D eigenvalue weighted by Crippen LogP contribution is -2.64. The number of carbonyl (C=O) groups is 4. The molecule has 4 fully saturated rings. The second-order valence-electron chi connectivity index (χ2n) is 14.4. The summed E-state index contributed by atoms with van der Waals surface area (Å²) in [6.45, 7) is 8.84. The molecule has 1 aromatic carbocycles. The van der Waals surface area contributed by atoms with Gasteiger partial charge in [-0.2, -0.15) is 5.10 Å². The maximum absolute atomic E-state index is 13.2. The van der Waals surface area contributed by atoms with Crippen molar-refractivity contribution in [1.29, 1.82) is 0 Å². The number of nitrogens with zero attached hydrogens (tertiary/aromatic N) is 4. The van der Waals surface area contributed by atoms with Gasteiger partial charge in [0.05, 0.1) is 31.3 Å². The van der Waals surface area contributed by atoms with Gasteiger partial charge in [-0.1, -0.05) is 70.4 Å². The summed E-state index contributed by atoms with van der Waals surface area (Å²) in [5.41, 5.74) is 6.94. The molecule has 11 heteroatoms. The molecule has 2 aliphatic heterocycles. The number of aliphatic hydroxyl groups is 1. The molecular formula is C36H55N5O6. The molecule has 4 aliphatic rings. The van der Waals surface area contributed by atoms with Crippen LogP contribution < -0.4 is 5.73 Å². The zero-order valence-corrected chi connectivity index (χ0v) is 28.5. The van der Waals surface area contributed by atoms with Crippen LogP contribution in [0.1, 0.15) is 89.5 Å². The minimum atomic E-state index is -0.443. The molecular weight excluding hydrogens is 598 g/mol. The van der Waals surface area contributed by atoms with Gasteiger partial charge < -0.3 is 25.4 Å². The summed E-state index contributed by atoms with van der Waals surface area (Å²) in [6, 6.07) is 9.92. The van der Waals surface area contributed by atoms with E-state index in [1.54, 1.807) is 22.0 Å². The maximum atomic E-state index is 13.2. The molecule has 1 spiro atoms. The van der Waals surface area contributed by atoms with Gasteiger partial charge in [0, 0.05) is 58.2 Å². The topological polar surface area (TPSA) is 148 Å². The lowest BCUT2D eigenvalue weighted by atomic mass is 9.71. The number of rotatable bonds is 8. The lowest BCUT2D eigenvalue weighted by Gasteiger charge is -2.50. The smallest absolute Gasteiger partial charge is 0.305 e. The zero-order chi connectivity index (χ0) is 34.2. The van der Waals surface area contributed by atoms with Crippen molar-refractivity contribution in [2.24, 2.45) is 34.3 Å². The first-order valence-corrected chi connectivity index (χ1v) is 17.0. The second kappa shape index (κ2) is 15.9. The molecule has 1 aromatic heterocycles. The van der Waals surface area contributed by atoms with Gasteiger partial charge in [-0.25, -0.2) is 0 Å². The van der Waals surface area contributed by atoms with Crippen LogP contribution in [0.3, 0.4) is 0 Å². The number of nitrogens with two attached hydrogens (primary N) is 1. The molecule has 47 heavy (non-hydrogen) atoms. The summed E-state index contributed by atoms with van der Waals surface area (Å²) < 4.78 is 6.09. The third-order valence-corrected chi connectivity index (χ3v) is 10.1. The molecule has 2 aromatic rings. The van der Waals surface area contributed by atoms with E-state index in [2.05, 4.69) is 23.7 Å². The van der Waals surface area contributed by atoms with Crippen LogP contribution in [0.4, 0.5) is 0 Å². The van der Waals surface area contributed by atoms with Gasteiger partial charge in [-0.15, -0.1) is 0 Å². The number of amides is 3. The normalized spacial score (nSPS) is 22.2. The molecule has 0 radical (unpaired) electrons. The van der Waals surface area contributed by atoms with Crippen LogP contribution in [0.15, 0.2) is 42.7 Å². The maximum Gasteiger partial charge on any atom is 0.305 e. The van der Waals surface area contributed by atoms with E-state index in [0.29, 0.717) is 50.7 Å². The molecule has 0 bridgehead atoms. The SMILES string of the molecule is CC1(C)C[C@@H]1C(=O)N1CC2(CN(C(=O)c3cnn(Cc4ccccc4)c3)C[C@H]2C(N)=O)C1.CCCC(=O)OC.OCC1CCCCC1.[HH]. The Labute approximate surface area is 280 Å². The summed E-state index contributed by atoms with van der Waals surface area (Å²) in [7, 11) is 1.40. The second-order valence-corrected chi connectivity index (χ2v) is 14.4. The number of aliphatic hydroxyl groups excluding tert-OH is 1. The minimum Gasteiger partial charge on any atom is -0.469 e. The van der Waals surface area contributed by atoms with Crippen molar-refractivity contribution in [3.05, 3.63) is 53.9 Å². The van der Waals surface area contributed by atoms with E-state index in [4.69, 9.17) is 10.8 Å². The van der Waals surface area contributed by atoms with Crippen molar-refractivity contribution in [1.82, 2.24) is 19.6 Å². The van der Waals surface area contributed by atoms with Gasteiger partial charge >= 0.3 is 5.97 Å². The van der Waals surface area contributed by atoms with Crippen molar-refractivity contribution in [3.63, 3.8) is 0 Å². The van der Waals surface area contributed by atoms with Gasteiger partial charge in [0.2, 0.25) is 11.8 Å². The van der Waals surface area contributed by atoms with Crippen LogP contribution in [0.2, 0.25) is 0 Å². The van der Waals surface area contributed by atoms with E-state index in [-0.39, 0.29) is 37.1 Å². The Morgan fingerprint density at radius 1 is 1.02 bits per heavy atom. The fourth-order valence-corrected chi connectivity index (χ4v) is 7.00. The Hall–Kier alpha value is -3.73. The Morgan fingerprint density at radius 2 is 1.66 bits per heavy atom. The summed E-state index contributed by atoms with van der Waals surface area (Å²) in [4.78, 5) is 51.8. The van der Waals surface area contributed by atoms with E-state index in [0.717, 1.165) is 18.4 Å². The van der Waals surface area contributed by atoms with Crippen LogP contribution >= 0.6 is 0 Å². The average molecular weight is 654 g/mol. The van der Waals surface area contributed by atoms with E-state index < -0.39 is 17.2 Å². The monoisotopic (exact) mass is 653 g/mol. The molecule has 3 N–H and O–H groups in total. The van der Waals surface area contributed by atoms with Gasteiger partial charge in [0.1, 0.15) is 0 Å². The minimum absolute atomic E-state index is 0. The summed E-state index contributed by atoms with van der Waals surface area (Å²) in [5, 5.41) is 13.0. The molecule has 3 heterocycles. The molecule has 2 saturated heterocycles. The largest absolute Gasteiger partial charge is 0.469 e. The van der Waals surface area contributed by atoms with Crippen molar-refractivity contribution in [3.8, 4) is 0 Å². The third-order valence-electron chi connectivity index (χ3n) is 10.1. The predicted molar refractivity (Wildman–Crippen MR) is 180 cm³/mol. The molecule has 6 rings (SSSR count). The standard InChI is InChI=1S/C24H29N5O3.C7H14O.C5H10O2.H2/c1-23(2)8-18(23)22(32)28-14-24(15-28)13-27(12-19(24)20(25)30)21(31)17-9-26-29(11-17)10-16-6-4-3-5-7-16;8-6-7-4-2-1-3-5-7;1-3-4-5(6)7-2;/h3-7,9,11,18-19H,8,10,12-15H2,1-2H3,(H2,25,30);7-8H,1-6H2;3-4H2,1-2H3;1H/t18-,19+;;;/m1.../s1. The highest BCUT2D eigenvalue weighted by molar-refractivity contribution is 5.95. The molecule has 11 nitrogen and oxygen atoms in total. The van der Waals surface area contributed by atoms with Gasteiger partial charge in [-0.3, -0.25) is 23.9 Å². The first-order chi connectivity index (χ1) is 22.4. The summed E-state index contributed by atoms with van der Waals surface area (Å²) in [6.07, 6.45) is 12.2. The molecule has 3 amide bonds. The highest BCUT2D eigenvalue weighted by atomic mass is 16.5. The number of hydrogen-bond donors (Lipinski definition) is 2. The Balaban J connectivity index is 0.000000325. The van der Waals surface area contributed by atoms with Crippen LogP contribution in [-0.2, 0) is 25.7 Å². The fraction of sp³-hybridized carbons (Fsp3) is 0.639. The number of carbonyl (C=O) groups excluding carboxylic acids is 4. The van der Waals surface area contributed by atoms with E-state index in [9.17, 15) is 19.2 Å². The van der Waals surface area contributed by atoms with Gasteiger partial charge in [0.15, 0.2) is 0 Å². The number of aromatic nitrogens is 2. The van der Waals surface area contributed by atoms with Crippen molar-refractivity contribution in [2.45, 2.75) is 78.7 Å². The van der Waals surface area contributed by atoms with Crippen molar-refractivity contribution < 1.29 is 30.4 Å². The first-order valence-electron chi connectivity index (χ1n) is 17.0. The quantitative estimate of drug-likeness (QED) is 0.407. The van der Waals surface area contributed by atoms with Crippen LogP contribution in [-0.4, -0.2) is 88.3 Å². The number of esters is 1. The van der Waals surface area contributed by atoms with Crippen molar-refractivity contribution in [2.75, 3.05) is 39.9 Å². The van der Waals surface area contributed by atoms with Gasteiger partial charge in [0.25, 0.3) is 5.91 Å².